The average Bonchev–Trinajstić information content (AvgIpc) is 2.77. The van der Waals surface area contributed by atoms with Gasteiger partial charge in [0.05, 0.1) is 12.3 Å². The van der Waals surface area contributed by atoms with E-state index in [0.717, 1.165) is 35.4 Å². The van der Waals surface area contributed by atoms with Gasteiger partial charge in [0.15, 0.2) is 0 Å². The molecule has 0 amide bonds. The molecule has 0 aliphatic rings. The van der Waals surface area contributed by atoms with E-state index in [1.807, 2.05) is 56.6 Å². The number of aromatic nitrogens is 2. The monoisotopic (exact) mass is 419 g/mol. The summed E-state index contributed by atoms with van der Waals surface area (Å²) < 4.78 is 5.87. The molecular formula is C23H25N5O3. The van der Waals surface area contributed by atoms with Crippen LogP contribution in [0.1, 0.15) is 12.0 Å². The van der Waals surface area contributed by atoms with Crippen molar-refractivity contribution in [3.8, 4) is 34.2 Å². The number of anilines is 1. The van der Waals surface area contributed by atoms with E-state index in [0.29, 0.717) is 17.9 Å². The smallest absolute Gasteiger partial charge is 0.290 e. The number of rotatable bonds is 7. The highest BCUT2D eigenvalue weighted by molar-refractivity contribution is 5.80. The Morgan fingerprint density at radius 2 is 1.90 bits per heavy atom. The van der Waals surface area contributed by atoms with Gasteiger partial charge in [-0.3, -0.25) is 9.78 Å². The minimum atomic E-state index is -0.250. The highest BCUT2D eigenvalue weighted by Gasteiger charge is 2.14. The number of nitrogen functional groups attached to an aromatic ring is 1. The lowest BCUT2D eigenvalue weighted by Gasteiger charge is -2.13. The van der Waals surface area contributed by atoms with Crippen LogP contribution in [0.15, 0.2) is 54.9 Å². The van der Waals surface area contributed by atoms with Crippen LogP contribution in [0.4, 0.5) is 5.82 Å². The van der Waals surface area contributed by atoms with Gasteiger partial charge in [-0.05, 0) is 56.4 Å². The molecule has 0 atom stereocenters. The Kier molecular flexibility index (Phi) is 8.95. The van der Waals surface area contributed by atoms with Crippen molar-refractivity contribution in [2.24, 2.45) is 0 Å². The van der Waals surface area contributed by atoms with E-state index >= 15 is 0 Å². The highest BCUT2D eigenvalue weighted by atomic mass is 16.5. The van der Waals surface area contributed by atoms with Crippen molar-refractivity contribution in [3.63, 3.8) is 0 Å². The van der Waals surface area contributed by atoms with Crippen molar-refractivity contribution in [2.75, 3.05) is 33.0 Å². The molecule has 0 aliphatic carbocycles. The number of pyridine rings is 2. The summed E-state index contributed by atoms with van der Waals surface area (Å²) in [6.45, 7) is 1.35. The fourth-order valence-corrected chi connectivity index (χ4v) is 2.90. The van der Waals surface area contributed by atoms with Crippen LogP contribution in [0.2, 0.25) is 0 Å². The number of hydrogen-bond acceptors (Lipinski definition) is 7. The minimum absolute atomic E-state index is 0.212. The summed E-state index contributed by atoms with van der Waals surface area (Å²) >= 11 is 0. The first-order valence-corrected chi connectivity index (χ1v) is 9.57. The lowest BCUT2D eigenvalue weighted by molar-refractivity contribution is -0.122. The topological polar surface area (TPSA) is 125 Å². The average molecular weight is 419 g/mol. The number of nitrogens with two attached hydrogens (primary N) is 1. The van der Waals surface area contributed by atoms with E-state index in [-0.39, 0.29) is 12.3 Å². The summed E-state index contributed by atoms with van der Waals surface area (Å²) in [4.78, 5) is 18.9. The van der Waals surface area contributed by atoms with Gasteiger partial charge in [0, 0.05) is 30.1 Å². The number of carboxylic acid groups (broad SMARTS) is 1. The van der Waals surface area contributed by atoms with Crippen LogP contribution in [0.5, 0.6) is 5.75 Å². The summed E-state index contributed by atoms with van der Waals surface area (Å²) in [5.74, 6) is 0.977. The molecule has 0 spiro atoms. The molecule has 3 N–H and O–H groups in total. The van der Waals surface area contributed by atoms with Gasteiger partial charge in [0.25, 0.3) is 6.47 Å². The quantitative estimate of drug-likeness (QED) is 0.441. The van der Waals surface area contributed by atoms with Crippen LogP contribution >= 0.6 is 0 Å². The summed E-state index contributed by atoms with van der Waals surface area (Å²) in [6, 6.07) is 15.5. The summed E-state index contributed by atoms with van der Waals surface area (Å²) in [6.07, 6.45) is 4.34. The Morgan fingerprint density at radius 3 is 2.55 bits per heavy atom. The maximum Gasteiger partial charge on any atom is 0.290 e. The van der Waals surface area contributed by atoms with Crippen molar-refractivity contribution in [2.45, 2.75) is 6.42 Å². The maximum absolute atomic E-state index is 9.60. The zero-order valence-electron chi connectivity index (χ0n) is 17.5. The molecule has 2 heterocycles. The molecule has 160 valence electrons. The Balaban J connectivity index is 0.00000107. The fraction of sp³-hybridized carbons (Fsp3) is 0.217. The molecule has 2 aromatic heterocycles. The van der Waals surface area contributed by atoms with Crippen molar-refractivity contribution in [3.05, 3.63) is 60.4 Å². The molecule has 0 saturated carbocycles. The lowest BCUT2D eigenvalue weighted by atomic mass is 9.98. The second-order valence-corrected chi connectivity index (χ2v) is 6.80. The molecule has 0 radical (unpaired) electrons. The van der Waals surface area contributed by atoms with Gasteiger partial charge in [-0.25, -0.2) is 4.98 Å². The molecule has 3 aromatic rings. The molecule has 0 saturated heterocycles. The Bertz CT molecular complexity index is 1030. The molecule has 3 rings (SSSR count). The number of nitriles is 1. The van der Waals surface area contributed by atoms with E-state index in [4.69, 9.17) is 20.4 Å². The third kappa shape index (κ3) is 6.80. The fourth-order valence-electron chi connectivity index (χ4n) is 2.90. The third-order valence-corrected chi connectivity index (χ3v) is 4.30. The number of carbonyl (C=O) groups is 1. The Hall–Kier alpha value is -3.96. The highest BCUT2D eigenvalue weighted by Crippen LogP contribution is 2.32. The number of nitrogens with zero attached hydrogens (tertiary/aromatic N) is 4. The van der Waals surface area contributed by atoms with Crippen LogP contribution in [0.3, 0.4) is 0 Å². The van der Waals surface area contributed by atoms with Crippen molar-refractivity contribution >= 4 is 12.3 Å². The summed E-state index contributed by atoms with van der Waals surface area (Å²) in [7, 11) is 4.08. The first kappa shape index (κ1) is 23.3. The van der Waals surface area contributed by atoms with Crippen LogP contribution < -0.4 is 10.5 Å². The van der Waals surface area contributed by atoms with Crippen LogP contribution in [0.25, 0.3) is 22.4 Å². The van der Waals surface area contributed by atoms with E-state index in [1.54, 1.807) is 12.4 Å². The largest absolute Gasteiger partial charge is 0.494 e. The van der Waals surface area contributed by atoms with Gasteiger partial charge in [0.2, 0.25) is 0 Å². The molecule has 0 unspecified atom stereocenters. The van der Waals surface area contributed by atoms with Crippen molar-refractivity contribution in [1.82, 2.24) is 14.9 Å². The Labute approximate surface area is 181 Å². The number of ether oxygens (including phenoxy) is 1. The normalized spacial score (nSPS) is 10.0. The van der Waals surface area contributed by atoms with Crippen LogP contribution in [0, 0.1) is 11.3 Å². The second kappa shape index (κ2) is 11.9. The molecule has 0 fully saturated rings. The van der Waals surface area contributed by atoms with E-state index < -0.39 is 0 Å². The van der Waals surface area contributed by atoms with Gasteiger partial charge >= 0.3 is 0 Å². The van der Waals surface area contributed by atoms with Gasteiger partial charge in [-0.1, -0.05) is 12.1 Å². The Morgan fingerprint density at radius 1 is 1.19 bits per heavy atom. The zero-order chi connectivity index (χ0) is 22.6. The predicted octanol–water partition coefficient (Wildman–Crippen LogP) is 3.30. The van der Waals surface area contributed by atoms with Crippen LogP contribution in [-0.4, -0.2) is 53.7 Å². The molecule has 0 bridgehead atoms. The van der Waals surface area contributed by atoms with Gasteiger partial charge < -0.3 is 20.5 Å². The van der Waals surface area contributed by atoms with Gasteiger partial charge in [-0.15, -0.1) is 0 Å². The predicted molar refractivity (Wildman–Crippen MR) is 119 cm³/mol. The molecule has 1 aromatic carbocycles. The van der Waals surface area contributed by atoms with Gasteiger partial charge in [-0.2, -0.15) is 5.26 Å². The molecule has 31 heavy (non-hydrogen) atoms. The number of benzene rings is 1. The van der Waals surface area contributed by atoms with Crippen LogP contribution in [-0.2, 0) is 4.79 Å². The summed E-state index contributed by atoms with van der Waals surface area (Å²) in [5, 5.41) is 16.5. The first-order valence-electron chi connectivity index (χ1n) is 9.57. The van der Waals surface area contributed by atoms with Gasteiger partial charge in [0.1, 0.15) is 23.2 Å². The molecule has 0 aliphatic heterocycles. The molecule has 8 nitrogen and oxygen atoms in total. The van der Waals surface area contributed by atoms with E-state index in [9.17, 15) is 5.26 Å². The summed E-state index contributed by atoms with van der Waals surface area (Å²) in [5.41, 5.74) is 9.65. The molecule has 8 heteroatoms. The van der Waals surface area contributed by atoms with Crippen molar-refractivity contribution < 1.29 is 14.6 Å². The SMILES string of the molecule is CN(C)CCCOc1cccc(-c2cc(-c3ccncc3)nc(N)c2C#N)c1.O=CO. The maximum atomic E-state index is 9.60. The first-order chi connectivity index (χ1) is 15.0. The minimum Gasteiger partial charge on any atom is -0.494 e. The third-order valence-electron chi connectivity index (χ3n) is 4.30. The number of hydrogen-bond donors (Lipinski definition) is 2. The zero-order valence-corrected chi connectivity index (χ0v) is 17.5. The van der Waals surface area contributed by atoms with E-state index in [2.05, 4.69) is 20.9 Å². The molecular weight excluding hydrogens is 394 g/mol. The van der Waals surface area contributed by atoms with E-state index in [1.165, 1.54) is 0 Å². The lowest BCUT2D eigenvalue weighted by Crippen LogP contribution is -2.15. The second-order valence-electron chi connectivity index (χ2n) is 6.80. The standard InChI is InChI=1S/C22H23N5O.CH2O2/c1-27(2)11-4-12-28-18-6-3-5-17(13-18)19-14-21(16-7-9-25-10-8-16)26-22(24)20(19)15-23;2-1-3/h3,5-10,13-14H,4,11-12H2,1-2H3,(H2,24,26);1H,(H,2,3). The van der Waals surface area contributed by atoms with Crippen molar-refractivity contribution in [1.29, 1.82) is 5.26 Å².